The minimum Gasteiger partial charge on any atom is -0.492 e. The number of piperazine rings is 1. The molecule has 232 valence electrons. The molecule has 0 unspecified atom stereocenters. The van der Waals surface area contributed by atoms with Gasteiger partial charge < -0.3 is 14.4 Å². The standard InChI is InChI=1S/C22H24F9N3O6S/c1-41(37,38)32-17(35)19(4-5-19)12-39-15-10-14(20(23,24)25)3-2-13(15)11-33-6-8-34(9-7-33)18(36)40-16(21(26,27)28)22(29,30)31/h2-3,10,16H,4-9,11-12H2,1H3,(H,32,35). The lowest BCUT2D eigenvalue weighted by Gasteiger charge is -2.35. The van der Waals surface area contributed by atoms with E-state index in [1.165, 1.54) is 0 Å². The Kier molecular flexibility index (Phi) is 9.03. The summed E-state index contributed by atoms with van der Waals surface area (Å²) >= 11 is 0. The molecule has 3 rings (SSSR count). The number of amides is 2. The Balaban J connectivity index is 1.68. The zero-order chi connectivity index (χ0) is 31.0. The monoisotopic (exact) mass is 629 g/mol. The number of nitrogens with zero attached hydrogens (tertiary/aromatic N) is 2. The minimum atomic E-state index is -5.88. The number of rotatable bonds is 8. The second kappa shape index (κ2) is 11.4. The van der Waals surface area contributed by atoms with E-state index >= 15 is 0 Å². The average molecular weight is 629 g/mol. The molecule has 0 spiro atoms. The summed E-state index contributed by atoms with van der Waals surface area (Å²) < 4.78 is 150. The van der Waals surface area contributed by atoms with Crippen LogP contribution in [0, 0.1) is 5.41 Å². The molecule has 1 aliphatic carbocycles. The molecule has 0 radical (unpaired) electrons. The van der Waals surface area contributed by atoms with E-state index in [1.54, 1.807) is 4.90 Å². The third-order valence-electron chi connectivity index (χ3n) is 6.35. The van der Waals surface area contributed by atoms with Crippen molar-refractivity contribution in [2.75, 3.05) is 39.0 Å². The van der Waals surface area contributed by atoms with Gasteiger partial charge in [-0.2, -0.15) is 39.5 Å². The molecule has 0 aromatic heterocycles. The van der Waals surface area contributed by atoms with Crippen molar-refractivity contribution in [3.8, 4) is 5.75 Å². The van der Waals surface area contributed by atoms with Crippen molar-refractivity contribution >= 4 is 22.0 Å². The SMILES string of the molecule is CS(=O)(=O)NC(=O)C1(COc2cc(C(F)(F)F)ccc2CN2CCN(C(=O)OC(C(F)(F)F)C(F)(F)F)CC2)CC1. The molecule has 1 saturated carbocycles. The smallest absolute Gasteiger partial charge is 0.434 e. The van der Waals surface area contributed by atoms with Crippen molar-refractivity contribution in [1.29, 1.82) is 0 Å². The largest absolute Gasteiger partial charge is 0.492 e. The van der Waals surface area contributed by atoms with Gasteiger partial charge in [-0.15, -0.1) is 0 Å². The Morgan fingerprint density at radius 2 is 1.54 bits per heavy atom. The lowest BCUT2D eigenvalue weighted by molar-refractivity contribution is -0.308. The van der Waals surface area contributed by atoms with Gasteiger partial charge >= 0.3 is 24.6 Å². The van der Waals surface area contributed by atoms with Crippen molar-refractivity contribution in [1.82, 2.24) is 14.5 Å². The molecule has 1 aliphatic heterocycles. The predicted octanol–water partition coefficient (Wildman–Crippen LogP) is 3.69. The molecule has 0 bridgehead atoms. The molecule has 1 saturated heterocycles. The first-order chi connectivity index (χ1) is 18.6. The van der Waals surface area contributed by atoms with E-state index < -0.39 is 64.2 Å². The summed E-state index contributed by atoms with van der Waals surface area (Å²) in [5.41, 5.74) is -2.13. The Hall–Kier alpha value is -2.96. The lowest BCUT2D eigenvalue weighted by Crippen LogP contribution is -2.52. The minimum absolute atomic E-state index is 0.0844. The number of sulfonamides is 1. The van der Waals surface area contributed by atoms with Crippen molar-refractivity contribution in [2.24, 2.45) is 5.41 Å². The topological polar surface area (TPSA) is 105 Å². The van der Waals surface area contributed by atoms with E-state index in [9.17, 15) is 57.5 Å². The molecular formula is C22H24F9N3O6S. The maximum atomic E-state index is 13.3. The second-order valence-corrected chi connectivity index (χ2v) is 11.5. The van der Waals surface area contributed by atoms with Crippen LogP contribution in [0.4, 0.5) is 44.3 Å². The van der Waals surface area contributed by atoms with Crippen LogP contribution in [0.2, 0.25) is 0 Å². The molecule has 2 fully saturated rings. The van der Waals surface area contributed by atoms with E-state index in [2.05, 4.69) is 4.74 Å². The highest BCUT2D eigenvalue weighted by atomic mass is 32.2. The number of carbonyl (C=O) groups excluding carboxylic acids is 2. The van der Waals surface area contributed by atoms with Crippen LogP contribution < -0.4 is 9.46 Å². The van der Waals surface area contributed by atoms with E-state index in [-0.39, 0.29) is 56.9 Å². The van der Waals surface area contributed by atoms with Gasteiger partial charge in [-0.3, -0.25) is 14.4 Å². The highest BCUT2D eigenvalue weighted by molar-refractivity contribution is 7.89. The van der Waals surface area contributed by atoms with Crippen molar-refractivity contribution < 1.29 is 67.0 Å². The average Bonchev–Trinajstić information content (AvgIpc) is 3.60. The molecule has 19 heteroatoms. The molecule has 2 amide bonds. The number of nitrogens with one attached hydrogen (secondary N) is 1. The first kappa shape index (κ1) is 32.6. The number of halogens is 9. The fourth-order valence-electron chi connectivity index (χ4n) is 3.90. The number of carbonyl (C=O) groups is 2. The van der Waals surface area contributed by atoms with Crippen LogP contribution in [0.5, 0.6) is 5.75 Å². The molecule has 1 aromatic carbocycles. The summed E-state index contributed by atoms with van der Waals surface area (Å²) in [6, 6.07) is 2.57. The van der Waals surface area contributed by atoms with Crippen molar-refractivity contribution in [3.05, 3.63) is 29.3 Å². The van der Waals surface area contributed by atoms with Gasteiger partial charge in [0.25, 0.3) is 6.10 Å². The Morgan fingerprint density at radius 1 is 0.976 bits per heavy atom. The number of alkyl halides is 9. The normalized spacial score (nSPS) is 18.3. The fraction of sp³-hybridized carbons (Fsp3) is 0.636. The first-order valence-electron chi connectivity index (χ1n) is 11.8. The van der Waals surface area contributed by atoms with Crippen LogP contribution in [0.1, 0.15) is 24.0 Å². The maximum absolute atomic E-state index is 13.3. The number of benzene rings is 1. The van der Waals surface area contributed by atoms with Gasteiger partial charge in [0.1, 0.15) is 12.4 Å². The summed E-state index contributed by atoms with van der Waals surface area (Å²) in [5.74, 6) is -1.13. The summed E-state index contributed by atoms with van der Waals surface area (Å²) in [7, 11) is -3.89. The number of hydrogen-bond acceptors (Lipinski definition) is 7. The van der Waals surface area contributed by atoms with E-state index in [4.69, 9.17) is 4.74 Å². The number of hydrogen-bond donors (Lipinski definition) is 1. The molecule has 1 heterocycles. The first-order valence-corrected chi connectivity index (χ1v) is 13.7. The highest BCUT2D eigenvalue weighted by Crippen LogP contribution is 2.47. The third-order valence-corrected chi connectivity index (χ3v) is 6.91. The lowest BCUT2D eigenvalue weighted by atomic mass is 10.1. The van der Waals surface area contributed by atoms with E-state index in [1.807, 2.05) is 4.72 Å². The summed E-state index contributed by atoms with van der Waals surface area (Å²) in [4.78, 5) is 26.5. The van der Waals surface area contributed by atoms with Crippen LogP contribution in [0.25, 0.3) is 0 Å². The molecular weight excluding hydrogens is 605 g/mol. The molecule has 1 aromatic rings. The van der Waals surface area contributed by atoms with Crippen LogP contribution >= 0.6 is 0 Å². The molecule has 9 nitrogen and oxygen atoms in total. The maximum Gasteiger partial charge on any atom is 0.434 e. The van der Waals surface area contributed by atoms with Crippen LogP contribution in [0.3, 0.4) is 0 Å². The van der Waals surface area contributed by atoms with Gasteiger partial charge in [0.15, 0.2) is 0 Å². The summed E-state index contributed by atoms with van der Waals surface area (Å²) in [6.45, 7) is -1.37. The summed E-state index contributed by atoms with van der Waals surface area (Å²) in [6.07, 6.45) is -21.4. The Labute approximate surface area is 227 Å². The summed E-state index contributed by atoms with van der Waals surface area (Å²) in [5, 5.41) is 0. The third kappa shape index (κ3) is 8.76. The molecule has 41 heavy (non-hydrogen) atoms. The zero-order valence-electron chi connectivity index (χ0n) is 21.1. The van der Waals surface area contributed by atoms with Crippen LogP contribution in [-0.4, -0.2) is 87.7 Å². The van der Waals surface area contributed by atoms with Crippen molar-refractivity contribution in [3.63, 3.8) is 0 Å². The molecule has 2 aliphatic rings. The molecule has 1 N–H and O–H groups in total. The van der Waals surface area contributed by atoms with Gasteiger partial charge in [-0.1, -0.05) is 6.07 Å². The zero-order valence-corrected chi connectivity index (χ0v) is 21.9. The fourth-order valence-corrected chi connectivity index (χ4v) is 4.45. The Bertz CT molecular complexity index is 1220. The van der Waals surface area contributed by atoms with Gasteiger partial charge in [-0.05, 0) is 25.0 Å². The van der Waals surface area contributed by atoms with Crippen LogP contribution in [0.15, 0.2) is 18.2 Å². The van der Waals surface area contributed by atoms with Gasteiger partial charge in [0, 0.05) is 38.3 Å². The van der Waals surface area contributed by atoms with Gasteiger partial charge in [-0.25, -0.2) is 13.2 Å². The Morgan fingerprint density at radius 3 is 2.00 bits per heavy atom. The van der Waals surface area contributed by atoms with Crippen molar-refractivity contribution in [2.45, 2.75) is 44.0 Å². The van der Waals surface area contributed by atoms with E-state index in [0.29, 0.717) is 11.0 Å². The van der Waals surface area contributed by atoms with Gasteiger partial charge in [0.2, 0.25) is 15.9 Å². The highest BCUT2D eigenvalue weighted by Gasteiger charge is 2.60. The van der Waals surface area contributed by atoms with Crippen LogP contribution in [-0.2, 0) is 32.3 Å². The predicted molar refractivity (Wildman–Crippen MR) is 121 cm³/mol. The molecule has 0 atom stereocenters. The van der Waals surface area contributed by atoms with Gasteiger partial charge in [0.05, 0.1) is 17.2 Å². The second-order valence-electron chi connectivity index (χ2n) is 9.70. The number of ether oxygens (including phenoxy) is 2. The quantitative estimate of drug-likeness (QED) is 0.438. The van der Waals surface area contributed by atoms with E-state index in [0.717, 1.165) is 18.4 Å².